The van der Waals surface area contributed by atoms with E-state index in [1.807, 2.05) is 11.8 Å². The van der Waals surface area contributed by atoms with Gasteiger partial charge < -0.3 is 5.73 Å². The fourth-order valence-corrected chi connectivity index (χ4v) is 1.93. The molecule has 0 heterocycles. The highest BCUT2D eigenvalue weighted by atomic mass is 32.2. The number of thioether (sulfide) groups is 1. The number of nitrogens with two attached hydrogens (primary N) is 1. The van der Waals surface area contributed by atoms with Gasteiger partial charge in [0.05, 0.1) is 0 Å². The number of rotatable bonds is 6. The van der Waals surface area contributed by atoms with Gasteiger partial charge in [0.15, 0.2) is 0 Å². The van der Waals surface area contributed by atoms with Gasteiger partial charge in [-0.15, -0.1) is 0 Å². The minimum absolute atomic E-state index is 0.634. The molecular weight excluding hydrogens is 154 g/mol. The molecule has 1 nitrogen and oxygen atoms in total. The van der Waals surface area contributed by atoms with Crippen LogP contribution in [0.25, 0.3) is 0 Å². The van der Waals surface area contributed by atoms with E-state index < -0.39 is 0 Å². The first kappa shape index (κ1) is 11.3. The molecule has 0 fully saturated rings. The molecule has 0 spiro atoms. The van der Waals surface area contributed by atoms with Crippen molar-refractivity contribution in [1.29, 1.82) is 0 Å². The molecule has 0 amide bonds. The molecule has 0 aromatic heterocycles. The molecule has 0 aromatic carbocycles. The van der Waals surface area contributed by atoms with E-state index in [9.17, 15) is 0 Å². The van der Waals surface area contributed by atoms with Crippen LogP contribution in [-0.2, 0) is 0 Å². The summed E-state index contributed by atoms with van der Waals surface area (Å²) in [4.78, 5) is 0. The van der Waals surface area contributed by atoms with Gasteiger partial charge in [-0.3, -0.25) is 0 Å². The Kier molecular flexibility index (Phi) is 7.18. The van der Waals surface area contributed by atoms with Crippen molar-refractivity contribution < 1.29 is 0 Å². The Hall–Kier alpha value is 0.310. The second-order valence-corrected chi connectivity index (χ2v) is 4.74. The maximum atomic E-state index is 5.51. The number of hydrogen-bond acceptors (Lipinski definition) is 2. The fraction of sp³-hybridized carbons (Fsp3) is 1.00. The summed E-state index contributed by atoms with van der Waals surface area (Å²) in [6.45, 7) is 7.57. The van der Waals surface area contributed by atoms with Gasteiger partial charge in [-0.2, -0.15) is 11.8 Å². The van der Waals surface area contributed by atoms with Gasteiger partial charge in [-0.25, -0.2) is 0 Å². The summed E-state index contributed by atoms with van der Waals surface area (Å²) in [5.74, 6) is 2.13. The van der Waals surface area contributed by atoms with Gasteiger partial charge in [0.1, 0.15) is 0 Å². The zero-order chi connectivity index (χ0) is 8.69. The summed E-state index contributed by atoms with van der Waals surface area (Å²) in [6, 6.07) is 0. The van der Waals surface area contributed by atoms with Crippen LogP contribution < -0.4 is 5.73 Å². The highest BCUT2D eigenvalue weighted by molar-refractivity contribution is 7.99. The van der Waals surface area contributed by atoms with Crippen LogP contribution in [0.4, 0.5) is 0 Å². The Balaban J connectivity index is 3.22. The standard InChI is InChI=1S/C9H21NS/c1-4-5-8(2)7-11-9(3)6-10/h8-9H,4-7,10H2,1-3H3. The molecule has 2 heteroatoms. The molecule has 0 radical (unpaired) electrons. The zero-order valence-electron chi connectivity index (χ0n) is 7.97. The Morgan fingerprint density at radius 3 is 2.45 bits per heavy atom. The molecule has 0 rings (SSSR count). The SMILES string of the molecule is CCCC(C)CSC(C)CN. The number of hydrogen-bond donors (Lipinski definition) is 1. The Morgan fingerprint density at radius 2 is 2.00 bits per heavy atom. The zero-order valence-corrected chi connectivity index (χ0v) is 8.79. The molecule has 2 unspecified atom stereocenters. The van der Waals surface area contributed by atoms with Crippen molar-refractivity contribution in [3.05, 3.63) is 0 Å². The third-order valence-electron chi connectivity index (χ3n) is 1.78. The van der Waals surface area contributed by atoms with E-state index >= 15 is 0 Å². The van der Waals surface area contributed by atoms with Crippen molar-refractivity contribution in [3.8, 4) is 0 Å². The molecule has 0 bridgehead atoms. The van der Waals surface area contributed by atoms with E-state index in [1.165, 1.54) is 18.6 Å². The molecule has 11 heavy (non-hydrogen) atoms. The first-order chi connectivity index (χ1) is 5.20. The maximum Gasteiger partial charge on any atom is 0.0142 e. The summed E-state index contributed by atoms with van der Waals surface area (Å²) < 4.78 is 0. The Bertz CT molecular complexity index is 85.6. The van der Waals surface area contributed by atoms with E-state index in [1.54, 1.807) is 0 Å². The summed E-state index contributed by atoms with van der Waals surface area (Å²) in [5, 5.41) is 0.634. The first-order valence-corrected chi connectivity index (χ1v) is 5.57. The van der Waals surface area contributed by atoms with Crippen molar-refractivity contribution in [2.24, 2.45) is 11.7 Å². The van der Waals surface area contributed by atoms with Gasteiger partial charge in [0.25, 0.3) is 0 Å². The van der Waals surface area contributed by atoms with Gasteiger partial charge in [-0.1, -0.05) is 33.6 Å². The second-order valence-electron chi connectivity index (χ2n) is 3.27. The molecule has 0 aromatic rings. The summed E-state index contributed by atoms with van der Waals surface area (Å²) in [5.41, 5.74) is 5.51. The molecule has 0 saturated heterocycles. The normalized spacial score (nSPS) is 16.4. The molecule has 0 aliphatic rings. The van der Waals surface area contributed by atoms with Crippen LogP contribution in [-0.4, -0.2) is 17.5 Å². The molecule has 0 saturated carbocycles. The lowest BCUT2D eigenvalue weighted by Gasteiger charge is -2.12. The van der Waals surface area contributed by atoms with E-state index in [-0.39, 0.29) is 0 Å². The highest BCUT2D eigenvalue weighted by Crippen LogP contribution is 2.16. The largest absolute Gasteiger partial charge is 0.329 e. The Labute approximate surface area is 75.1 Å². The summed E-state index contributed by atoms with van der Waals surface area (Å²) >= 11 is 2.00. The summed E-state index contributed by atoms with van der Waals surface area (Å²) in [7, 11) is 0. The predicted molar refractivity (Wildman–Crippen MR) is 55.0 cm³/mol. The third-order valence-corrected chi connectivity index (χ3v) is 3.30. The van der Waals surface area contributed by atoms with E-state index in [0.717, 1.165) is 12.5 Å². The summed E-state index contributed by atoms with van der Waals surface area (Å²) in [6.07, 6.45) is 2.66. The monoisotopic (exact) mass is 175 g/mol. The van der Waals surface area contributed by atoms with Crippen molar-refractivity contribution in [1.82, 2.24) is 0 Å². The second kappa shape index (κ2) is 6.99. The van der Waals surface area contributed by atoms with Gasteiger partial charge >= 0.3 is 0 Å². The van der Waals surface area contributed by atoms with E-state index in [0.29, 0.717) is 5.25 Å². The lowest BCUT2D eigenvalue weighted by molar-refractivity contribution is 0.584. The van der Waals surface area contributed by atoms with E-state index in [4.69, 9.17) is 5.73 Å². The molecule has 68 valence electrons. The minimum atomic E-state index is 0.634. The van der Waals surface area contributed by atoms with Crippen LogP contribution in [0.1, 0.15) is 33.6 Å². The average Bonchev–Trinajstić information content (AvgIpc) is 2.01. The van der Waals surface area contributed by atoms with Crippen molar-refractivity contribution in [2.75, 3.05) is 12.3 Å². The van der Waals surface area contributed by atoms with Crippen molar-refractivity contribution >= 4 is 11.8 Å². The lowest BCUT2D eigenvalue weighted by Crippen LogP contribution is -2.14. The van der Waals surface area contributed by atoms with Crippen molar-refractivity contribution in [3.63, 3.8) is 0 Å². The fourth-order valence-electron chi connectivity index (χ4n) is 0.973. The van der Waals surface area contributed by atoms with Crippen LogP contribution in [0.2, 0.25) is 0 Å². The molecule has 0 aliphatic carbocycles. The van der Waals surface area contributed by atoms with Gasteiger partial charge in [-0.05, 0) is 11.7 Å². The molecule has 2 N–H and O–H groups in total. The van der Waals surface area contributed by atoms with Gasteiger partial charge in [0.2, 0.25) is 0 Å². The lowest BCUT2D eigenvalue weighted by atomic mass is 10.1. The van der Waals surface area contributed by atoms with E-state index in [2.05, 4.69) is 20.8 Å². The van der Waals surface area contributed by atoms with Crippen LogP contribution >= 0.6 is 11.8 Å². The minimum Gasteiger partial charge on any atom is -0.329 e. The predicted octanol–water partition coefficient (Wildman–Crippen LogP) is 2.50. The van der Waals surface area contributed by atoms with Crippen LogP contribution in [0.15, 0.2) is 0 Å². The topological polar surface area (TPSA) is 26.0 Å². The molecule has 2 atom stereocenters. The smallest absolute Gasteiger partial charge is 0.0142 e. The van der Waals surface area contributed by atoms with Crippen LogP contribution in [0.5, 0.6) is 0 Å². The maximum absolute atomic E-state index is 5.51. The first-order valence-electron chi connectivity index (χ1n) is 4.52. The Morgan fingerprint density at radius 1 is 1.36 bits per heavy atom. The highest BCUT2D eigenvalue weighted by Gasteiger charge is 2.03. The van der Waals surface area contributed by atoms with Crippen molar-refractivity contribution in [2.45, 2.75) is 38.9 Å². The molecule has 0 aliphatic heterocycles. The third kappa shape index (κ3) is 6.70. The quantitative estimate of drug-likeness (QED) is 0.671. The average molecular weight is 175 g/mol. The molecular formula is C9H21NS. The van der Waals surface area contributed by atoms with Gasteiger partial charge in [0, 0.05) is 11.8 Å². The van der Waals surface area contributed by atoms with Crippen LogP contribution in [0, 0.1) is 5.92 Å². The van der Waals surface area contributed by atoms with Crippen LogP contribution in [0.3, 0.4) is 0 Å².